The third-order valence-electron chi connectivity index (χ3n) is 1.02. The first-order valence-corrected chi connectivity index (χ1v) is 4.84. The van der Waals surface area contributed by atoms with Gasteiger partial charge in [0.1, 0.15) is 0 Å². The van der Waals surface area contributed by atoms with Crippen molar-refractivity contribution < 1.29 is 4.79 Å². The fraction of sp³-hybridized carbons (Fsp3) is 0.333. The highest BCUT2D eigenvalue weighted by atomic mass is 79.9. The van der Waals surface area contributed by atoms with Crippen molar-refractivity contribution in [1.29, 1.82) is 0 Å². The summed E-state index contributed by atoms with van der Waals surface area (Å²) in [5.74, 6) is -0.0695. The Kier molecular flexibility index (Phi) is 3.02. The van der Waals surface area contributed by atoms with Gasteiger partial charge in [-0.1, -0.05) is 15.9 Å². The molecule has 5 heteroatoms. The average Bonchev–Trinajstić information content (AvgIpc) is 2.39. The van der Waals surface area contributed by atoms with E-state index in [0.717, 1.165) is 0 Å². The lowest BCUT2D eigenvalue weighted by molar-refractivity contribution is -0.115. The van der Waals surface area contributed by atoms with Gasteiger partial charge in [-0.15, -0.1) is 11.3 Å². The monoisotopic (exact) mass is 234 g/mol. The standard InChI is InChI=1S/C6H7BrN2OS/c1-4(7)5(10)9-6-8-2-3-11-6/h2-4H,1H3,(H,8,9,10)/t4-/m1/s1. The molecule has 1 aromatic rings. The van der Waals surface area contributed by atoms with E-state index >= 15 is 0 Å². The van der Waals surface area contributed by atoms with E-state index in [1.54, 1.807) is 13.1 Å². The van der Waals surface area contributed by atoms with Crippen LogP contribution in [0, 0.1) is 0 Å². The number of thiazole rings is 1. The van der Waals surface area contributed by atoms with Gasteiger partial charge in [0.2, 0.25) is 5.91 Å². The Labute approximate surface area is 77.0 Å². The zero-order chi connectivity index (χ0) is 8.27. The van der Waals surface area contributed by atoms with E-state index in [0.29, 0.717) is 5.13 Å². The van der Waals surface area contributed by atoms with Crippen molar-refractivity contribution in [2.75, 3.05) is 5.32 Å². The number of alkyl halides is 1. The second-order valence-electron chi connectivity index (χ2n) is 1.94. The van der Waals surface area contributed by atoms with Crippen LogP contribution in [0.15, 0.2) is 11.6 Å². The molecule has 0 aliphatic carbocycles. The zero-order valence-electron chi connectivity index (χ0n) is 5.87. The van der Waals surface area contributed by atoms with Gasteiger partial charge in [-0.2, -0.15) is 0 Å². The summed E-state index contributed by atoms with van der Waals surface area (Å²) >= 11 is 4.56. The number of aromatic nitrogens is 1. The maximum atomic E-state index is 11.0. The summed E-state index contributed by atoms with van der Waals surface area (Å²) < 4.78 is 0. The molecule has 1 amide bonds. The Bertz CT molecular complexity index is 235. The van der Waals surface area contributed by atoms with Gasteiger partial charge in [-0.05, 0) is 6.92 Å². The second-order valence-corrected chi connectivity index (χ2v) is 4.21. The first-order chi connectivity index (χ1) is 5.20. The normalized spacial score (nSPS) is 12.5. The predicted octanol–water partition coefficient (Wildman–Crippen LogP) is 1.86. The van der Waals surface area contributed by atoms with Crippen LogP contribution in [-0.2, 0) is 4.79 Å². The van der Waals surface area contributed by atoms with Gasteiger partial charge >= 0.3 is 0 Å². The van der Waals surface area contributed by atoms with Gasteiger partial charge in [0.05, 0.1) is 4.83 Å². The Morgan fingerprint density at radius 3 is 3.09 bits per heavy atom. The minimum atomic E-state index is -0.175. The van der Waals surface area contributed by atoms with Crippen molar-refractivity contribution in [3.8, 4) is 0 Å². The molecule has 0 aliphatic rings. The van der Waals surface area contributed by atoms with Crippen molar-refractivity contribution >= 4 is 38.3 Å². The van der Waals surface area contributed by atoms with Gasteiger partial charge in [0.15, 0.2) is 5.13 Å². The summed E-state index contributed by atoms with van der Waals surface area (Å²) in [7, 11) is 0. The summed E-state index contributed by atoms with van der Waals surface area (Å²) in [5.41, 5.74) is 0. The molecule has 1 atom stereocenters. The van der Waals surface area contributed by atoms with Crippen LogP contribution in [-0.4, -0.2) is 15.7 Å². The summed E-state index contributed by atoms with van der Waals surface area (Å²) in [5, 5.41) is 5.10. The highest BCUT2D eigenvalue weighted by Gasteiger charge is 2.08. The summed E-state index contributed by atoms with van der Waals surface area (Å²) in [6.45, 7) is 1.77. The molecule has 0 fully saturated rings. The highest BCUT2D eigenvalue weighted by Crippen LogP contribution is 2.11. The van der Waals surface area contributed by atoms with Crippen LogP contribution in [0.25, 0.3) is 0 Å². The lowest BCUT2D eigenvalue weighted by Gasteiger charge is -2.01. The molecule has 0 unspecified atom stereocenters. The van der Waals surface area contributed by atoms with Crippen molar-refractivity contribution in [1.82, 2.24) is 4.98 Å². The largest absolute Gasteiger partial charge is 0.301 e. The van der Waals surface area contributed by atoms with Gasteiger partial charge in [-0.25, -0.2) is 4.98 Å². The minimum Gasteiger partial charge on any atom is -0.301 e. The molecule has 0 saturated heterocycles. The summed E-state index contributed by atoms with van der Waals surface area (Å²) in [6, 6.07) is 0. The molecule has 1 rings (SSSR count). The molecule has 11 heavy (non-hydrogen) atoms. The molecule has 60 valence electrons. The number of halogens is 1. The molecule has 3 nitrogen and oxygen atoms in total. The number of nitrogens with zero attached hydrogens (tertiary/aromatic N) is 1. The molecule has 1 N–H and O–H groups in total. The maximum Gasteiger partial charge on any atom is 0.239 e. The fourth-order valence-corrected chi connectivity index (χ4v) is 1.14. The van der Waals surface area contributed by atoms with E-state index in [-0.39, 0.29) is 10.7 Å². The van der Waals surface area contributed by atoms with Crippen molar-refractivity contribution in [3.05, 3.63) is 11.6 Å². The number of rotatable bonds is 2. The third kappa shape index (κ3) is 2.59. The molecular weight excluding hydrogens is 228 g/mol. The number of carbonyl (C=O) groups excluding carboxylic acids is 1. The average molecular weight is 235 g/mol. The van der Waals surface area contributed by atoms with E-state index in [2.05, 4.69) is 26.2 Å². The Hall–Kier alpha value is -0.420. The van der Waals surface area contributed by atoms with Gasteiger partial charge in [0.25, 0.3) is 0 Å². The third-order valence-corrected chi connectivity index (χ3v) is 2.13. The lowest BCUT2D eigenvalue weighted by atomic mass is 10.5. The van der Waals surface area contributed by atoms with Crippen LogP contribution in [0.3, 0.4) is 0 Å². The van der Waals surface area contributed by atoms with Crippen molar-refractivity contribution in [2.24, 2.45) is 0 Å². The molecule has 1 heterocycles. The van der Waals surface area contributed by atoms with Gasteiger partial charge < -0.3 is 5.32 Å². The van der Waals surface area contributed by atoms with E-state index in [4.69, 9.17) is 0 Å². The number of amides is 1. The SMILES string of the molecule is C[C@@H](Br)C(=O)Nc1nccs1. The van der Waals surface area contributed by atoms with Crippen LogP contribution in [0.1, 0.15) is 6.92 Å². The first-order valence-electron chi connectivity index (χ1n) is 3.04. The topological polar surface area (TPSA) is 42.0 Å². The number of nitrogens with one attached hydrogen (secondary N) is 1. The number of anilines is 1. The summed E-state index contributed by atoms with van der Waals surface area (Å²) in [4.78, 5) is 14.7. The Balaban J connectivity index is 2.50. The predicted molar refractivity (Wildman–Crippen MR) is 49.1 cm³/mol. The molecule has 0 saturated carbocycles. The first kappa shape index (κ1) is 8.67. The molecule has 0 radical (unpaired) electrons. The van der Waals surface area contributed by atoms with Crippen molar-refractivity contribution in [2.45, 2.75) is 11.8 Å². The van der Waals surface area contributed by atoms with Crippen LogP contribution < -0.4 is 5.32 Å². The minimum absolute atomic E-state index is 0.0695. The van der Waals surface area contributed by atoms with Crippen LogP contribution in [0.2, 0.25) is 0 Å². The van der Waals surface area contributed by atoms with Crippen molar-refractivity contribution in [3.63, 3.8) is 0 Å². The number of hydrogen-bond donors (Lipinski definition) is 1. The van der Waals surface area contributed by atoms with Gasteiger partial charge in [-0.3, -0.25) is 4.79 Å². The molecule has 1 aromatic heterocycles. The Morgan fingerprint density at radius 1 is 1.91 bits per heavy atom. The zero-order valence-corrected chi connectivity index (χ0v) is 8.28. The molecular formula is C6H7BrN2OS. The molecule has 0 aromatic carbocycles. The quantitative estimate of drug-likeness (QED) is 0.795. The molecule has 0 spiro atoms. The van der Waals surface area contributed by atoms with E-state index in [1.807, 2.05) is 5.38 Å². The number of carbonyl (C=O) groups is 1. The van der Waals surface area contributed by atoms with Crippen LogP contribution in [0.4, 0.5) is 5.13 Å². The Morgan fingerprint density at radius 2 is 2.64 bits per heavy atom. The fourth-order valence-electron chi connectivity index (χ4n) is 0.490. The molecule has 0 aliphatic heterocycles. The van der Waals surface area contributed by atoms with E-state index in [1.165, 1.54) is 11.3 Å². The maximum absolute atomic E-state index is 11.0. The lowest BCUT2D eigenvalue weighted by Crippen LogP contribution is -2.19. The smallest absolute Gasteiger partial charge is 0.239 e. The second kappa shape index (κ2) is 3.82. The number of hydrogen-bond acceptors (Lipinski definition) is 3. The van der Waals surface area contributed by atoms with E-state index < -0.39 is 0 Å². The van der Waals surface area contributed by atoms with Crippen LogP contribution in [0.5, 0.6) is 0 Å². The van der Waals surface area contributed by atoms with Crippen LogP contribution >= 0.6 is 27.3 Å². The van der Waals surface area contributed by atoms with Gasteiger partial charge in [0, 0.05) is 11.6 Å². The summed E-state index contributed by atoms with van der Waals surface area (Å²) in [6.07, 6.45) is 1.65. The molecule has 0 bridgehead atoms. The van der Waals surface area contributed by atoms with E-state index in [9.17, 15) is 4.79 Å². The highest BCUT2D eigenvalue weighted by molar-refractivity contribution is 9.10.